The molecule has 1 amide bonds. The molecule has 0 fully saturated rings. The lowest BCUT2D eigenvalue weighted by molar-refractivity contribution is 0.0943. The molecule has 1 aromatic rings. The van der Waals surface area contributed by atoms with E-state index < -0.39 is 0 Å². The van der Waals surface area contributed by atoms with Crippen molar-refractivity contribution in [1.29, 1.82) is 0 Å². The van der Waals surface area contributed by atoms with E-state index in [9.17, 15) is 4.79 Å². The fourth-order valence-corrected chi connectivity index (χ4v) is 2.24. The number of ether oxygens (including phenoxy) is 1. The molecule has 0 saturated carbocycles. The van der Waals surface area contributed by atoms with Crippen molar-refractivity contribution in [3.8, 4) is 5.75 Å². The van der Waals surface area contributed by atoms with Crippen LogP contribution in [0.4, 0.5) is 0 Å². The van der Waals surface area contributed by atoms with Gasteiger partial charge in [-0.2, -0.15) is 0 Å². The summed E-state index contributed by atoms with van der Waals surface area (Å²) in [5.41, 5.74) is 5.81. The minimum atomic E-state index is -0.260. The van der Waals surface area contributed by atoms with Crippen molar-refractivity contribution in [2.75, 3.05) is 13.7 Å². The van der Waals surface area contributed by atoms with Crippen LogP contribution in [0.2, 0.25) is 0 Å². The van der Waals surface area contributed by atoms with Crippen molar-refractivity contribution in [3.05, 3.63) is 29.8 Å². The first kappa shape index (κ1) is 19.2. The third-order valence-corrected chi connectivity index (χ3v) is 3.78. The van der Waals surface area contributed by atoms with Crippen LogP contribution in [0.25, 0.3) is 0 Å². The van der Waals surface area contributed by atoms with Crippen LogP contribution in [0.15, 0.2) is 24.3 Å². The summed E-state index contributed by atoms with van der Waals surface area (Å²) in [4.78, 5) is 12.0. The largest absolute Gasteiger partial charge is 0.497 e. The van der Waals surface area contributed by atoms with Gasteiger partial charge >= 0.3 is 0 Å². The molecule has 23 heavy (non-hydrogen) atoms. The summed E-state index contributed by atoms with van der Waals surface area (Å²) >= 11 is 5.16. The Balaban J connectivity index is 2.28. The van der Waals surface area contributed by atoms with Gasteiger partial charge in [0.1, 0.15) is 5.75 Å². The molecule has 0 unspecified atom stereocenters. The highest BCUT2D eigenvalue weighted by atomic mass is 32.1. The standard InChI is InChI=1S/C17H27N3O2S/c1-4-5-6-8-13(2)12-18-17(23)20-19-16(21)14-9-7-10-15(11-14)22-3/h7,9-11,13H,4-6,8,12H2,1-3H3,(H,19,21)(H2,18,20,23)/t13-/m0/s1. The molecule has 1 atom stereocenters. The second kappa shape index (κ2) is 10.8. The molecule has 1 rings (SSSR count). The summed E-state index contributed by atoms with van der Waals surface area (Å²) in [7, 11) is 1.57. The minimum Gasteiger partial charge on any atom is -0.497 e. The molecular formula is C17H27N3O2S. The maximum atomic E-state index is 12.0. The molecule has 0 aliphatic carbocycles. The number of hydrogen-bond acceptors (Lipinski definition) is 3. The lowest BCUT2D eigenvalue weighted by atomic mass is 10.0. The third kappa shape index (κ3) is 7.83. The van der Waals surface area contributed by atoms with Crippen molar-refractivity contribution in [2.24, 2.45) is 5.92 Å². The Bertz CT molecular complexity index is 508. The van der Waals surface area contributed by atoms with Gasteiger partial charge in [0.15, 0.2) is 5.11 Å². The Morgan fingerprint density at radius 3 is 2.78 bits per heavy atom. The maximum absolute atomic E-state index is 12.0. The Kier molecular flexibility index (Phi) is 9.05. The number of carbonyl (C=O) groups is 1. The summed E-state index contributed by atoms with van der Waals surface area (Å²) in [5.74, 6) is 0.929. The van der Waals surface area contributed by atoms with E-state index in [2.05, 4.69) is 30.0 Å². The van der Waals surface area contributed by atoms with E-state index in [1.807, 2.05) is 0 Å². The second-order valence-electron chi connectivity index (χ2n) is 5.62. The van der Waals surface area contributed by atoms with Gasteiger partial charge in [-0.3, -0.25) is 15.6 Å². The van der Waals surface area contributed by atoms with E-state index in [0.717, 1.165) is 6.54 Å². The fraction of sp³-hybridized carbons (Fsp3) is 0.529. The van der Waals surface area contributed by atoms with Crippen molar-refractivity contribution < 1.29 is 9.53 Å². The van der Waals surface area contributed by atoms with E-state index in [1.165, 1.54) is 25.7 Å². The minimum absolute atomic E-state index is 0.260. The zero-order chi connectivity index (χ0) is 17.1. The van der Waals surface area contributed by atoms with Crippen molar-refractivity contribution >= 4 is 23.2 Å². The Labute approximate surface area is 144 Å². The van der Waals surface area contributed by atoms with Crippen LogP contribution in [0.1, 0.15) is 49.9 Å². The van der Waals surface area contributed by atoms with Crippen LogP contribution >= 0.6 is 12.2 Å². The normalized spacial score (nSPS) is 11.4. The van der Waals surface area contributed by atoms with Gasteiger partial charge in [0.2, 0.25) is 0 Å². The second-order valence-corrected chi connectivity index (χ2v) is 6.03. The van der Waals surface area contributed by atoms with Crippen LogP contribution in [0, 0.1) is 5.92 Å². The van der Waals surface area contributed by atoms with Crippen LogP contribution in [0.3, 0.4) is 0 Å². The monoisotopic (exact) mass is 337 g/mol. The number of amides is 1. The molecule has 3 N–H and O–H groups in total. The van der Waals surface area contributed by atoms with Crippen LogP contribution < -0.4 is 20.9 Å². The first-order chi connectivity index (χ1) is 11.1. The van der Waals surface area contributed by atoms with E-state index in [0.29, 0.717) is 22.3 Å². The number of unbranched alkanes of at least 4 members (excludes halogenated alkanes) is 2. The van der Waals surface area contributed by atoms with Gasteiger partial charge in [0.05, 0.1) is 7.11 Å². The predicted molar refractivity (Wildman–Crippen MR) is 97.5 cm³/mol. The maximum Gasteiger partial charge on any atom is 0.269 e. The van der Waals surface area contributed by atoms with Gasteiger partial charge in [-0.1, -0.05) is 39.2 Å². The first-order valence-corrected chi connectivity index (χ1v) is 8.45. The molecule has 0 aliphatic heterocycles. The van der Waals surface area contributed by atoms with Gasteiger partial charge in [0.25, 0.3) is 5.91 Å². The summed E-state index contributed by atoms with van der Waals surface area (Å²) < 4.78 is 5.10. The Morgan fingerprint density at radius 1 is 1.30 bits per heavy atom. The van der Waals surface area contributed by atoms with E-state index >= 15 is 0 Å². The number of carbonyl (C=O) groups excluding carboxylic acids is 1. The summed E-state index contributed by atoms with van der Waals surface area (Å²) in [5, 5.41) is 3.54. The van der Waals surface area contributed by atoms with Gasteiger partial charge < -0.3 is 10.1 Å². The van der Waals surface area contributed by atoms with Gasteiger partial charge in [-0.15, -0.1) is 0 Å². The molecule has 1 aromatic carbocycles. The number of rotatable bonds is 8. The van der Waals surface area contributed by atoms with Gasteiger partial charge in [-0.05, 0) is 42.8 Å². The highest BCUT2D eigenvalue weighted by Crippen LogP contribution is 2.12. The molecule has 0 spiro atoms. The smallest absolute Gasteiger partial charge is 0.269 e. The molecule has 5 nitrogen and oxygen atoms in total. The van der Waals surface area contributed by atoms with Crippen LogP contribution in [-0.4, -0.2) is 24.7 Å². The van der Waals surface area contributed by atoms with E-state index in [-0.39, 0.29) is 5.91 Å². The van der Waals surface area contributed by atoms with Gasteiger partial charge in [0, 0.05) is 12.1 Å². The summed E-state index contributed by atoms with van der Waals surface area (Å²) in [6.07, 6.45) is 4.92. The molecule has 0 heterocycles. The fourth-order valence-electron chi connectivity index (χ4n) is 2.11. The third-order valence-electron chi connectivity index (χ3n) is 3.53. The number of nitrogens with one attached hydrogen (secondary N) is 3. The molecule has 128 valence electrons. The molecule has 6 heteroatoms. The average Bonchev–Trinajstić information content (AvgIpc) is 2.58. The van der Waals surface area contributed by atoms with Crippen LogP contribution in [-0.2, 0) is 0 Å². The molecule has 0 saturated heterocycles. The number of benzene rings is 1. The van der Waals surface area contributed by atoms with Crippen molar-refractivity contribution in [2.45, 2.75) is 39.5 Å². The highest BCUT2D eigenvalue weighted by molar-refractivity contribution is 7.80. The Morgan fingerprint density at radius 2 is 2.09 bits per heavy atom. The van der Waals surface area contributed by atoms with E-state index in [4.69, 9.17) is 17.0 Å². The van der Waals surface area contributed by atoms with Crippen molar-refractivity contribution in [1.82, 2.24) is 16.2 Å². The first-order valence-electron chi connectivity index (χ1n) is 8.05. The quantitative estimate of drug-likeness (QED) is 0.387. The molecule has 0 aliphatic rings. The van der Waals surface area contributed by atoms with Crippen molar-refractivity contribution in [3.63, 3.8) is 0 Å². The average molecular weight is 337 g/mol. The highest BCUT2D eigenvalue weighted by Gasteiger charge is 2.07. The Hall–Kier alpha value is -1.82. The predicted octanol–water partition coefficient (Wildman–Crippen LogP) is 3.02. The molecular weight excluding hydrogens is 310 g/mol. The molecule has 0 aromatic heterocycles. The topological polar surface area (TPSA) is 62.4 Å². The number of hydrazine groups is 1. The number of methoxy groups -OCH3 is 1. The SMILES string of the molecule is CCCCC[C@H](C)CNC(=S)NNC(=O)c1cccc(OC)c1. The summed E-state index contributed by atoms with van der Waals surface area (Å²) in [6, 6.07) is 6.94. The summed E-state index contributed by atoms with van der Waals surface area (Å²) in [6.45, 7) is 5.19. The number of thiocarbonyl (C=S) groups is 1. The molecule has 0 radical (unpaired) electrons. The van der Waals surface area contributed by atoms with E-state index in [1.54, 1.807) is 31.4 Å². The lowest BCUT2D eigenvalue weighted by Gasteiger charge is -2.15. The van der Waals surface area contributed by atoms with Gasteiger partial charge in [-0.25, -0.2) is 0 Å². The zero-order valence-corrected chi connectivity index (χ0v) is 15.0. The lowest BCUT2D eigenvalue weighted by Crippen LogP contribution is -2.47. The zero-order valence-electron chi connectivity index (χ0n) is 14.1. The van der Waals surface area contributed by atoms with Crippen LogP contribution in [0.5, 0.6) is 5.75 Å². The molecule has 0 bridgehead atoms. The number of hydrogen-bond donors (Lipinski definition) is 3.